The van der Waals surface area contributed by atoms with Gasteiger partial charge >= 0.3 is 0 Å². The maximum Gasteiger partial charge on any atom is 0.176 e. The van der Waals surface area contributed by atoms with E-state index >= 15 is 0 Å². The van der Waals surface area contributed by atoms with Crippen molar-refractivity contribution in [3.8, 4) is 0 Å². The molecule has 1 saturated carbocycles. The van der Waals surface area contributed by atoms with Gasteiger partial charge in [-0.25, -0.2) is 8.78 Å². The number of rotatable bonds is 4. The molecular formula is C16H21F2NO. The quantitative estimate of drug-likeness (QED) is 0.785. The predicted molar refractivity (Wildman–Crippen MR) is 74.7 cm³/mol. The Balaban J connectivity index is 1.97. The van der Waals surface area contributed by atoms with Crippen LogP contribution in [0.15, 0.2) is 18.2 Å². The number of nitrogens with zero attached hydrogens (tertiary/aromatic N) is 1. The van der Waals surface area contributed by atoms with Crippen molar-refractivity contribution in [1.82, 2.24) is 4.90 Å². The number of benzene rings is 1. The van der Waals surface area contributed by atoms with Crippen LogP contribution in [0.5, 0.6) is 0 Å². The Kier molecular flexibility index (Phi) is 4.86. The lowest BCUT2D eigenvalue weighted by Crippen LogP contribution is -2.38. The summed E-state index contributed by atoms with van der Waals surface area (Å²) in [6, 6.07) is 3.74. The maximum absolute atomic E-state index is 13.1. The topological polar surface area (TPSA) is 20.3 Å². The SMILES string of the molecule is CC1CCCC(N(C)CC(=O)c2ccc(F)c(F)c2)C1. The molecule has 1 aliphatic carbocycles. The third-order valence-electron chi connectivity index (χ3n) is 4.17. The van der Waals surface area contributed by atoms with Crippen LogP contribution in [-0.4, -0.2) is 30.3 Å². The lowest BCUT2D eigenvalue weighted by Gasteiger charge is -2.33. The van der Waals surface area contributed by atoms with Gasteiger partial charge in [-0.3, -0.25) is 9.69 Å². The van der Waals surface area contributed by atoms with E-state index in [4.69, 9.17) is 0 Å². The number of carbonyl (C=O) groups is 1. The second kappa shape index (κ2) is 6.44. The van der Waals surface area contributed by atoms with Gasteiger partial charge in [-0.05, 0) is 44.0 Å². The van der Waals surface area contributed by atoms with Gasteiger partial charge in [0.05, 0.1) is 6.54 Å². The number of Topliss-reactive ketones (excluding diaryl/α,β-unsaturated/α-hetero) is 1. The zero-order valence-electron chi connectivity index (χ0n) is 12.0. The van der Waals surface area contributed by atoms with Crippen LogP contribution in [0.4, 0.5) is 8.78 Å². The van der Waals surface area contributed by atoms with Gasteiger partial charge in [0.1, 0.15) is 0 Å². The van der Waals surface area contributed by atoms with E-state index in [2.05, 4.69) is 6.92 Å². The Morgan fingerprint density at radius 3 is 2.70 bits per heavy atom. The second-order valence-corrected chi connectivity index (χ2v) is 5.89. The van der Waals surface area contributed by atoms with E-state index in [-0.39, 0.29) is 17.9 Å². The molecule has 0 spiro atoms. The molecule has 0 amide bonds. The maximum atomic E-state index is 13.1. The van der Waals surface area contributed by atoms with E-state index in [0.717, 1.165) is 25.0 Å². The van der Waals surface area contributed by atoms with Gasteiger partial charge in [-0.1, -0.05) is 19.8 Å². The van der Waals surface area contributed by atoms with Crippen molar-refractivity contribution in [1.29, 1.82) is 0 Å². The van der Waals surface area contributed by atoms with Crippen molar-refractivity contribution in [2.45, 2.75) is 38.6 Å². The molecule has 2 atom stereocenters. The molecule has 0 aromatic heterocycles. The van der Waals surface area contributed by atoms with Gasteiger partial charge in [0.25, 0.3) is 0 Å². The van der Waals surface area contributed by atoms with Crippen molar-refractivity contribution < 1.29 is 13.6 Å². The number of carbonyl (C=O) groups excluding carboxylic acids is 1. The molecule has 20 heavy (non-hydrogen) atoms. The molecule has 4 heteroatoms. The average molecular weight is 281 g/mol. The molecule has 110 valence electrons. The summed E-state index contributed by atoms with van der Waals surface area (Å²) in [5.41, 5.74) is 0.236. The fourth-order valence-electron chi connectivity index (χ4n) is 2.92. The van der Waals surface area contributed by atoms with Crippen LogP contribution in [0.25, 0.3) is 0 Å². The van der Waals surface area contributed by atoms with Gasteiger partial charge in [-0.2, -0.15) is 0 Å². The van der Waals surface area contributed by atoms with Crippen molar-refractivity contribution in [3.63, 3.8) is 0 Å². The number of hydrogen-bond acceptors (Lipinski definition) is 2. The molecule has 0 bridgehead atoms. The molecule has 2 rings (SSSR count). The highest BCUT2D eigenvalue weighted by atomic mass is 19.2. The molecule has 2 unspecified atom stereocenters. The third kappa shape index (κ3) is 3.63. The monoisotopic (exact) mass is 281 g/mol. The third-order valence-corrected chi connectivity index (χ3v) is 4.17. The van der Waals surface area contributed by atoms with E-state index < -0.39 is 11.6 Å². The smallest absolute Gasteiger partial charge is 0.176 e. The molecule has 2 nitrogen and oxygen atoms in total. The van der Waals surface area contributed by atoms with Gasteiger partial charge in [0.2, 0.25) is 0 Å². The second-order valence-electron chi connectivity index (χ2n) is 5.89. The first kappa shape index (κ1) is 15.1. The zero-order chi connectivity index (χ0) is 14.7. The summed E-state index contributed by atoms with van der Waals surface area (Å²) < 4.78 is 26.0. The molecule has 0 saturated heterocycles. The fraction of sp³-hybridized carbons (Fsp3) is 0.562. The van der Waals surface area contributed by atoms with Gasteiger partial charge in [0.15, 0.2) is 17.4 Å². The normalized spacial score (nSPS) is 23.1. The minimum atomic E-state index is -0.968. The van der Waals surface area contributed by atoms with Crippen LogP contribution in [0, 0.1) is 17.6 Å². The van der Waals surface area contributed by atoms with Crippen molar-refractivity contribution in [2.24, 2.45) is 5.92 Å². The van der Waals surface area contributed by atoms with Crippen LogP contribution >= 0.6 is 0 Å². The van der Waals surface area contributed by atoms with E-state index in [1.807, 2.05) is 11.9 Å². The minimum Gasteiger partial charge on any atom is -0.296 e. The number of likely N-dealkylation sites (N-methyl/N-ethyl adjacent to an activating group) is 1. The summed E-state index contributed by atoms with van der Waals surface area (Å²) in [4.78, 5) is 14.2. The first-order valence-corrected chi connectivity index (χ1v) is 7.16. The van der Waals surface area contributed by atoms with Crippen molar-refractivity contribution in [2.75, 3.05) is 13.6 Å². The molecule has 0 aliphatic heterocycles. The Bertz CT molecular complexity index is 489. The summed E-state index contributed by atoms with van der Waals surface area (Å²) in [5.74, 6) is -1.36. The first-order chi connectivity index (χ1) is 9.47. The van der Waals surface area contributed by atoms with Crippen LogP contribution < -0.4 is 0 Å². The standard InChI is InChI=1S/C16H21F2NO/c1-11-4-3-5-13(8-11)19(2)10-16(20)12-6-7-14(17)15(18)9-12/h6-7,9,11,13H,3-5,8,10H2,1-2H3. The van der Waals surface area contributed by atoms with E-state index in [1.165, 1.54) is 18.9 Å². The Morgan fingerprint density at radius 1 is 1.30 bits per heavy atom. The Hall–Kier alpha value is -1.29. The van der Waals surface area contributed by atoms with Gasteiger partial charge in [-0.15, -0.1) is 0 Å². The van der Waals surface area contributed by atoms with Gasteiger partial charge < -0.3 is 0 Å². The highest BCUT2D eigenvalue weighted by Crippen LogP contribution is 2.26. The van der Waals surface area contributed by atoms with Crippen LogP contribution in [0.3, 0.4) is 0 Å². The number of hydrogen-bond donors (Lipinski definition) is 0. The van der Waals surface area contributed by atoms with Crippen LogP contribution in [0.1, 0.15) is 43.0 Å². The Labute approximate surface area is 118 Å². The number of halogens is 2. The molecule has 0 N–H and O–H groups in total. The average Bonchev–Trinajstić information content (AvgIpc) is 2.41. The number of ketones is 1. The van der Waals surface area contributed by atoms with E-state index in [1.54, 1.807) is 0 Å². The molecule has 0 radical (unpaired) electrons. The van der Waals surface area contributed by atoms with Gasteiger partial charge in [0, 0.05) is 11.6 Å². The molecule has 1 aliphatic rings. The van der Waals surface area contributed by atoms with Crippen molar-refractivity contribution in [3.05, 3.63) is 35.4 Å². The summed E-state index contributed by atoms with van der Waals surface area (Å²) in [6.07, 6.45) is 4.64. The fourth-order valence-corrected chi connectivity index (χ4v) is 2.92. The van der Waals surface area contributed by atoms with E-state index in [9.17, 15) is 13.6 Å². The first-order valence-electron chi connectivity index (χ1n) is 7.16. The molecule has 1 aromatic rings. The highest BCUT2D eigenvalue weighted by Gasteiger charge is 2.24. The molecule has 1 fully saturated rings. The highest BCUT2D eigenvalue weighted by molar-refractivity contribution is 5.97. The lowest BCUT2D eigenvalue weighted by molar-refractivity contribution is 0.0882. The summed E-state index contributed by atoms with van der Waals surface area (Å²) in [7, 11) is 1.93. The minimum absolute atomic E-state index is 0.162. The Morgan fingerprint density at radius 2 is 2.05 bits per heavy atom. The largest absolute Gasteiger partial charge is 0.296 e. The summed E-state index contributed by atoms with van der Waals surface area (Å²) in [5, 5.41) is 0. The predicted octanol–water partition coefficient (Wildman–Crippen LogP) is 3.66. The molecule has 0 heterocycles. The van der Waals surface area contributed by atoms with Crippen LogP contribution in [0.2, 0.25) is 0 Å². The summed E-state index contributed by atoms with van der Waals surface area (Å²) >= 11 is 0. The lowest BCUT2D eigenvalue weighted by atomic mass is 9.86. The van der Waals surface area contributed by atoms with Crippen molar-refractivity contribution >= 4 is 5.78 Å². The zero-order valence-corrected chi connectivity index (χ0v) is 12.0. The summed E-state index contributed by atoms with van der Waals surface area (Å²) in [6.45, 7) is 2.49. The van der Waals surface area contributed by atoms with E-state index in [0.29, 0.717) is 12.0 Å². The molecular weight excluding hydrogens is 260 g/mol. The molecule has 1 aromatic carbocycles. The van der Waals surface area contributed by atoms with Crippen LogP contribution in [-0.2, 0) is 0 Å².